The first kappa shape index (κ1) is 11.8. The van der Waals surface area contributed by atoms with Gasteiger partial charge in [0.05, 0.1) is 6.33 Å². The highest BCUT2D eigenvalue weighted by Crippen LogP contribution is 2.04. The normalized spacial score (nSPS) is 11.2. The molecule has 0 saturated heterocycles. The van der Waals surface area contributed by atoms with E-state index in [9.17, 15) is 8.42 Å². The van der Waals surface area contributed by atoms with Crippen LogP contribution in [0, 0.1) is 12.3 Å². The number of aromatic nitrogens is 2. The van der Waals surface area contributed by atoms with Gasteiger partial charge in [-0.05, 0) is 6.92 Å². The lowest BCUT2D eigenvalue weighted by Crippen LogP contribution is -2.24. The highest BCUT2D eigenvalue weighted by atomic mass is 32.2. The fourth-order valence-corrected chi connectivity index (χ4v) is 1.96. The van der Waals surface area contributed by atoms with Crippen LogP contribution in [0.2, 0.25) is 0 Å². The summed E-state index contributed by atoms with van der Waals surface area (Å²) in [6.07, 6.45) is 8.35. The van der Waals surface area contributed by atoms with E-state index in [2.05, 4.69) is 15.6 Å². The summed E-state index contributed by atoms with van der Waals surface area (Å²) >= 11 is 0. The second kappa shape index (κ2) is 4.96. The van der Waals surface area contributed by atoms with Gasteiger partial charge in [-0.1, -0.05) is 0 Å². The second-order valence-corrected chi connectivity index (χ2v) is 4.61. The minimum atomic E-state index is -3.50. The molecule has 0 aliphatic carbocycles. The third-order valence-electron chi connectivity index (χ3n) is 1.81. The van der Waals surface area contributed by atoms with Gasteiger partial charge in [-0.2, -0.15) is 0 Å². The van der Waals surface area contributed by atoms with Crippen molar-refractivity contribution in [2.75, 3.05) is 6.54 Å². The molecule has 0 saturated carbocycles. The van der Waals surface area contributed by atoms with E-state index in [1.165, 1.54) is 12.5 Å². The van der Waals surface area contributed by atoms with Crippen molar-refractivity contribution in [3.8, 4) is 12.3 Å². The van der Waals surface area contributed by atoms with Crippen molar-refractivity contribution >= 4 is 10.0 Å². The molecule has 0 aliphatic rings. The van der Waals surface area contributed by atoms with Gasteiger partial charge in [0.15, 0.2) is 5.03 Å². The summed E-state index contributed by atoms with van der Waals surface area (Å²) in [5, 5.41) is 0.0290. The number of rotatable bonds is 5. The predicted molar refractivity (Wildman–Crippen MR) is 56.5 cm³/mol. The Hall–Kier alpha value is -1.32. The van der Waals surface area contributed by atoms with Crippen LogP contribution in [0.25, 0.3) is 0 Å². The monoisotopic (exact) mass is 227 g/mol. The molecule has 0 aromatic carbocycles. The Balaban J connectivity index is 2.74. The number of nitrogens with zero attached hydrogens (tertiary/aromatic N) is 2. The molecule has 0 atom stereocenters. The molecule has 0 radical (unpaired) electrons. The topological polar surface area (TPSA) is 64.0 Å². The number of hydrogen-bond acceptors (Lipinski definition) is 3. The van der Waals surface area contributed by atoms with E-state index >= 15 is 0 Å². The van der Waals surface area contributed by atoms with Crippen LogP contribution in [0.5, 0.6) is 0 Å². The van der Waals surface area contributed by atoms with Crippen LogP contribution in [0.15, 0.2) is 17.6 Å². The van der Waals surface area contributed by atoms with E-state index in [1.54, 1.807) is 4.57 Å². The van der Waals surface area contributed by atoms with Crippen molar-refractivity contribution in [2.24, 2.45) is 0 Å². The molecule has 0 fully saturated rings. The molecule has 82 valence electrons. The molecule has 5 nitrogen and oxygen atoms in total. The number of hydrogen-bond donors (Lipinski definition) is 1. The van der Waals surface area contributed by atoms with Gasteiger partial charge in [0.25, 0.3) is 10.0 Å². The minimum absolute atomic E-state index is 0.0290. The highest BCUT2D eigenvalue weighted by molar-refractivity contribution is 7.89. The Labute approximate surface area is 89.6 Å². The van der Waals surface area contributed by atoms with Gasteiger partial charge >= 0.3 is 0 Å². The summed E-state index contributed by atoms with van der Waals surface area (Å²) in [6.45, 7) is 2.83. The van der Waals surface area contributed by atoms with Crippen LogP contribution in [0.1, 0.15) is 13.3 Å². The summed E-state index contributed by atoms with van der Waals surface area (Å²) < 4.78 is 27.2. The van der Waals surface area contributed by atoms with Crippen LogP contribution in [0.4, 0.5) is 0 Å². The molecule has 15 heavy (non-hydrogen) atoms. The Morgan fingerprint density at radius 3 is 2.93 bits per heavy atom. The largest absolute Gasteiger partial charge is 0.336 e. The smallest absolute Gasteiger partial charge is 0.259 e. The van der Waals surface area contributed by atoms with Crippen LogP contribution in [-0.2, 0) is 16.6 Å². The Morgan fingerprint density at radius 2 is 2.40 bits per heavy atom. The minimum Gasteiger partial charge on any atom is -0.336 e. The first-order valence-electron chi connectivity index (χ1n) is 4.55. The quantitative estimate of drug-likeness (QED) is 0.577. The van der Waals surface area contributed by atoms with Crippen LogP contribution >= 0.6 is 0 Å². The summed E-state index contributed by atoms with van der Waals surface area (Å²) in [5.41, 5.74) is 0. The molecule has 1 aromatic rings. The molecule has 1 heterocycles. The van der Waals surface area contributed by atoms with Gasteiger partial charge in [-0.25, -0.2) is 18.1 Å². The van der Waals surface area contributed by atoms with E-state index in [1.807, 2.05) is 6.92 Å². The summed E-state index contributed by atoms with van der Waals surface area (Å²) in [6, 6.07) is 0. The zero-order valence-corrected chi connectivity index (χ0v) is 9.29. The lowest BCUT2D eigenvalue weighted by Gasteiger charge is -2.00. The first-order chi connectivity index (χ1) is 7.10. The van der Waals surface area contributed by atoms with E-state index in [0.717, 1.165) is 0 Å². The van der Waals surface area contributed by atoms with Crippen molar-refractivity contribution in [1.82, 2.24) is 14.3 Å². The average molecular weight is 227 g/mol. The number of imidazole rings is 1. The molecule has 0 spiro atoms. The molecule has 1 aromatic heterocycles. The molecular weight excluding hydrogens is 214 g/mol. The zero-order valence-electron chi connectivity index (χ0n) is 8.47. The van der Waals surface area contributed by atoms with Crippen molar-refractivity contribution in [1.29, 1.82) is 0 Å². The predicted octanol–water partition coefficient (Wildman–Crippen LogP) is 0.205. The molecular formula is C9H13N3O2S. The Kier molecular flexibility index (Phi) is 3.88. The standard InChI is InChI=1S/C9H13N3O2S/c1-3-5-6-11-15(13,14)9-7-12(4-2)8-10-9/h1,7-8,11H,4-6H2,2H3. The lowest BCUT2D eigenvalue weighted by atomic mass is 10.5. The Bertz CT molecular complexity index is 456. The number of sulfonamides is 1. The van der Waals surface area contributed by atoms with Crippen molar-refractivity contribution in [2.45, 2.75) is 24.9 Å². The Morgan fingerprint density at radius 1 is 1.67 bits per heavy atom. The SMILES string of the molecule is C#CCCNS(=O)(=O)c1cn(CC)cn1. The fourth-order valence-electron chi connectivity index (χ4n) is 0.983. The molecule has 0 amide bonds. The number of aryl methyl sites for hydroxylation is 1. The third kappa shape index (κ3) is 3.08. The maximum atomic E-state index is 11.6. The van der Waals surface area contributed by atoms with Crippen molar-refractivity contribution in [3.63, 3.8) is 0 Å². The maximum absolute atomic E-state index is 11.6. The third-order valence-corrected chi connectivity index (χ3v) is 3.16. The zero-order chi connectivity index (χ0) is 11.3. The van der Waals surface area contributed by atoms with Gasteiger partial charge in [0, 0.05) is 25.7 Å². The molecule has 0 unspecified atom stereocenters. The highest BCUT2D eigenvalue weighted by Gasteiger charge is 2.15. The summed E-state index contributed by atoms with van der Waals surface area (Å²) in [5.74, 6) is 2.36. The van der Waals surface area contributed by atoms with Gasteiger partial charge in [-0.15, -0.1) is 12.3 Å². The average Bonchev–Trinajstić information content (AvgIpc) is 2.66. The van der Waals surface area contributed by atoms with Crippen molar-refractivity contribution in [3.05, 3.63) is 12.5 Å². The van der Waals surface area contributed by atoms with E-state index in [4.69, 9.17) is 6.42 Å². The van der Waals surface area contributed by atoms with Crippen LogP contribution in [0.3, 0.4) is 0 Å². The molecule has 1 rings (SSSR count). The van der Waals surface area contributed by atoms with Gasteiger partial charge in [0.1, 0.15) is 0 Å². The second-order valence-electron chi connectivity index (χ2n) is 2.89. The van der Waals surface area contributed by atoms with E-state index in [0.29, 0.717) is 13.0 Å². The molecule has 1 N–H and O–H groups in total. The van der Waals surface area contributed by atoms with Gasteiger partial charge < -0.3 is 4.57 Å². The molecule has 0 bridgehead atoms. The molecule has 0 aliphatic heterocycles. The summed E-state index contributed by atoms with van der Waals surface area (Å²) in [7, 11) is -3.50. The molecule has 6 heteroatoms. The first-order valence-corrected chi connectivity index (χ1v) is 6.03. The van der Waals surface area contributed by atoms with Crippen LogP contribution < -0.4 is 4.72 Å². The van der Waals surface area contributed by atoms with E-state index < -0.39 is 10.0 Å². The van der Waals surface area contributed by atoms with E-state index in [-0.39, 0.29) is 11.6 Å². The van der Waals surface area contributed by atoms with Gasteiger partial charge in [0.2, 0.25) is 0 Å². The fraction of sp³-hybridized carbons (Fsp3) is 0.444. The van der Waals surface area contributed by atoms with Crippen LogP contribution in [-0.4, -0.2) is 24.5 Å². The number of terminal acetylenes is 1. The van der Waals surface area contributed by atoms with Gasteiger partial charge in [-0.3, -0.25) is 0 Å². The lowest BCUT2D eigenvalue weighted by molar-refractivity contribution is 0.579. The number of nitrogens with one attached hydrogen (secondary N) is 1. The maximum Gasteiger partial charge on any atom is 0.259 e. The summed E-state index contributed by atoms with van der Waals surface area (Å²) in [4.78, 5) is 3.80. The van der Waals surface area contributed by atoms with Crippen molar-refractivity contribution < 1.29 is 8.42 Å².